The van der Waals surface area contributed by atoms with Crippen molar-refractivity contribution >= 4 is 17.4 Å². The molecule has 0 saturated heterocycles. The van der Waals surface area contributed by atoms with Crippen LogP contribution in [0.1, 0.15) is 0 Å². The number of hydrogen-bond donors (Lipinski definition) is 0. The molecule has 0 saturated carbocycles. The van der Waals surface area contributed by atoms with Crippen molar-refractivity contribution in [2.75, 3.05) is 0 Å². The van der Waals surface area contributed by atoms with E-state index in [1.54, 1.807) is 0 Å². The van der Waals surface area contributed by atoms with Crippen LogP contribution in [0, 0.1) is 0 Å². The molecule has 41 valence electrons. The van der Waals surface area contributed by atoms with E-state index in [9.17, 15) is 0 Å². The second-order valence-electron chi connectivity index (χ2n) is 0.745. The Balaban J connectivity index is 0. The van der Waals surface area contributed by atoms with E-state index in [4.69, 9.17) is 16.3 Å². The van der Waals surface area contributed by atoms with Gasteiger partial charge >= 0.3 is 31.9 Å². The molecule has 0 aliphatic heterocycles. The summed E-state index contributed by atoms with van der Waals surface area (Å²) >= 11 is -7.94. The van der Waals surface area contributed by atoms with Gasteiger partial charge in [-0.3, -0.25) is 0 Å². The van der Waals surface area contributed by atoms with E-state index in [2.05, 4.69) is 0 Å². The third kappa shape index (κ3) is 1540. The molecule has 0 aromatic heterocycles. The van der Waals surface area contributed by atoms with E-state index >= 15 is 0 Å². The van der Waals surface area contributed by atoms with E-state index in [1.807, 2.05) is 0 Å². The first kappa shape index (κ1) is 10.3. The minimum atomic E-state index is -7.94. The fourth-order valence-corrected chi connectivity index (χ4v) is 0. The van der Waals surface area contributed by atoms with Crippen LogP contribution in [0.25, 0.3) is 0 Å². The van der Waals surface area contributed by atoms with Crippen LogP contribution in [0.5, 0.6) is 0 Å². The molecule has 0 unspecified atom stereocenters. The summed E-state index contributed by atoms with van der Waals surface area (Å²) < 4.78 is 43.3. The van der Waals surface area contributed by atoms with Gasteiger partial charge in [-0.2, -0.15) is 0 Å². The minimum absolute atomic E-state index is 0. The second-order valence-corrected chi connectivity index (χ2v) is 4.41. The van der Waals surface area contributed by atoms with Crippen molar-refractivity contribution < 1.29 is 31.9 Å². The molecule has 7 heteroatoms. The monoisotopic (exact) mass is 203 g/mol. The quantitative estimate of drug-likeness (QED) is 0.434. The SMILES string of the molecule is [AlH3].[O]=[Nb](=[O])(=[O])(=[O])=[O]. The van der Waals surface area contributed by atoms with Crippen LogP contribution < -0.4 is 0 Å². The molecule has 0 atom stereocenters. The topological polar surface area (TPSA) is 85.3 Å². The molecule has 0 aromatic carbocycles. The van der Waals surface area contributed by atoms with Gasteiger partial charge in [0.05, 0.1) is 0 Å². The van der Waals surface area contributed by atoms with Gasteiger partial charge in [-0.05, 0) is 0 Å². The van der Waals surface area contributed by atoms with Crippen LogP contribution in [0.15, 0.2) is 0 Å². The van der Waals surface area contributed by atoms with Crippen molar-refractivity contribution in [2.45, 2.75) is 0 Å². The molecule has 0 bridgehead atoms. The second kappa shape index (κ2) is 1.65. The van der Waals surface area contributed by atoms with E-state index in [0.717, 1.165) is 0 Å². The standard InChI is InChI=1S/Al.Nb.5O.3H. The van der Waals surface area contributed by atoms with Crippen molar-refractivity contribution in [1.29, 1.82) is 0 Å². The Kier molecular flexibility index (Phi) is 2.43. The van der Waals surface area contributed by atoms with Crippen molar-refractivity contribution in [2.24, 2.45) is 0 Å². The molecule has 0 heterocycles. The Morgan fingerprint density at radius 3 is 0.714 bits per heavy atom. The van der Waals surface area contributed by atoms with Crippen LogP contribution in [0.2, 0.25) is 0 Å². The third-order valence-corrected chi connectivity index (χ3v) is 0. The summed E-state index contributed by atoms with van der Waals surface area (Å²) in [5, 5.41) is 0. The van der Waals surface area contributed by atoms with Gasteiger partial charge in [-0.1, -0.05) is 0 Å². The molecule has 0 amide bonds. The molecule has 7 heavy (non-hydrogen) atoms. The van der Waals surface area contributed by atoms with Crippen LogP contribution in [-0.4, -0.2) is 17.4 Å². The summed E-state index contributed by atoms with van der Waals surface area (Å²) in [5.74, 6) is 0. The van der Waals surface area contributed by atoms with Gasteiger partial charge in [0.1, 0.15) is 0 Å². The van der Waals surface area contributed by atoms with E-state index in [0.29, 0.717) is 0 Å². The molecule has 0 fully saturated rings. The third-order valence-electron chi connectivity index (χ3n) is 0. The Hall–Kier alpha value is 0.273. The average molecular weight is 203 g/mol. The zero-order chi connectivity index (χ0) is 5.45. The Morgan fingerprint density at radius 1 is 0.714 bits per heavy atom. The van der Waals surface area contributed by atoms with Gasteiger partial charge in [0.2, 0.25) is 0 Å². The molecule has 0 rings (SSSR count). The van der Waals surface area contributed by atoms with Gasteiger partial charge in [-0.15, -0.1) is 0 Å². The molecule has 5 nitrogen and oxygen atoms in total. The van der Waals surface area contributed by atoms with E-state index in [1.165, 1.54) is 0 Å². The molecule has 0 aliphatic rings. The number of rotatable bonds is 0. The van der Waals surface area contributed by atoms with Crippen molar-refractivity contribution in [3.63, 3.8) is 0 Å². The normalized spacial score (nSPS) is 8.57. The summed E-state index contributed by atoms with van der Waals surface area (Å²) in [6.07, 6.45) is 0. The average Bonchev–Trinajstić information content (AvgIpc) is 0.650. The molecule has 0 aliphatic carbocycles. The van der Waals surface area contributed by atoms with Gasteiger partial charge in [0, 0.05) is 0 Å². The first-order valence-corrected chi connectivity index (χ1v) is 5.40. The molecule has 0 spiro atoms. The Bertz CT molecular complexity index is 278. The molecule has 0 aromatic rings. The van der Waals surface area contributed by atoms with Crippen molar-refractivity contribution in [3.8, 4) is 0 Å². The summed E-state index contributed by atoms with van der Waals surface area (Å²) in [6.45, 7) is 0. The van der Waals surface area contributed by atoms with Gasteiger partial charge in [0.15, 0.2) is 17.4 Å². The van der Waals surface area contributed by atoms with Gasteiger partial charge < -0.3 is 0 Å². The zero-order valence-corrected chi connectivity index (χ0v) is 4.69. The molecule has 0 N–H and O–H groups in total. The van der Waals surface area contributed by atoms with Crippen LogP contribution in [-0.2, 0) is 31.9 Å². The molecular formula is H3AlNbO5. The predicted octanol–water partition coefficient (Wildman–Crippen LogP) is -1.78. The fraction of sp³-hybridized carbons (Fsp3) is 0. The maximum absolute atomic E-state index is 8.66. The molecule has 0 radical (unpaired) electrons. The van der Waals surface area contributed by atoms with Crippen LogP contribution in [0.3, 0.4) is 0 Å². The zero-order valence-electron chi connectivity index (χ0n) is 2.49. The first-order valence-electron chi connectivity index (χ1n) is 0.913. The summed E-state index contributed by atoms with van der Waals surface area (Å²) in [5.41, 5.74) is 0. The van der Waals surface area contributed by atoms with E-state index in [-0.39, 0.29) is 17.4 Å². The molecular weight excluding hydrogens is 200 g/mol. The summed E-state index contributed by atoms with van der Waals surface area (Å²) in [7, 11) is 0. The Morgan fingerprint density at radius 2 is 0.714 bits per heavy atom. The van der Waals surface area contributed by atoms with Gasteiger partial charge in [-0.25, -0.2) is 0 Å². The first-order chi connectivity index (χ1) is 2.24. The van der Waals surface area contributed by atoms with Crippen LogP contribution >= 0.6 is 0 Å². The maximum atomic E-state index is 8.66. The van der Waals surface area contributed by atoms with Crippen LogP contribution in [0.4, 0.5) is 0 Å². The fourth-order valence-electron chi connectivity index (χ4n) is 0. The van der Waals surface area contributed by atoms with Crippen molar-refractivity contribution in [3.05, 3.63) is 0 Å². The Labute approximate surface area is 49.5 Å². The van der Waals surface area contributed by atoms with Crippen molar-refractivity contribution in [1.82, 2.24) is 0 Å². The predicted molar refractivity (Wildman–Crippen MR) is 13.4 cm³/mol. The summed E-state index contributed by atoms with van der Waals surface area (Å²) in [6, 6.07) is 0. The summed E-state index contributed by atoms with van der Waals surface area (Å²) in [4.78, 5) is 0. The van der Waals surface area contributed by atoms with Gasteiger partial charge in [0.25, 0.3) is 0 Å². The number of hydrogen-bond acceptors (Lipinski definition) is 5. The van der Waals surface area contributed by atoms with E-state index < -0.39 is 15.7 Å².